The summed E-state index contributed by atoms with van der Waals surface area (Å²) in [6.45, 7) is 6.89. The lowest BCUT2D eigenvalue weighted by atomic mass is 9.87. The summed E-state index contributed by atoms with van der Waals surface area (Å²) in [4.78, 5) is 6.69. The third-order valence-electron chi connectivity index (χ3n) is 7.36. The second kappa shape index (κ2) is 12.1. The van der Waals surface area contributed by atoms with Crippen molar-refractivity contribution >= 4 is 6.34 Å². The minimum absolute atomic E-state index is 0.0556. The first-order valence-corrected chi connectivity index (χ1v) is 13.7. The number of aryl methyl sites for hydroxylation is 2. The highest BCUT2D eigenvalue weighted by Crippen LogP contribution is 2.51. The van der Waals surface area contributed by atoms with E-state index in [0.717, 1.165) is 17.7 Å². The van der Waals surface area contributed by atoms with Gasteiger partial charge in [0.1, 0.15) is 17.9 Å². The van der Waals surface area contributed by atoms with Crippen LogP contribution in [0.5, 0.6) is 17.2 Å². The van der Waals surface area contributed by atoms with E-state index in [1.807, 2.05) is 36.1 Å². The molecule has 6 nitrogen and oxygen atoms in total. The van der Waals surface area contributed by atoms with Gasteiger partial charge in [0.25, 0.3) is 5.60 Å². The van der Waals surface area contributed by atoms with Crippen molar-refractivity contribution in [3.63, 3.8) is 0 Å². The molecule has 0 radical (unpaired) electrons. The monoisotopic (exact) mass is 600 g/mol. The zero-order chi connectivity index (χ0) is 30.8. The number of alkyl halides is 6. The van der Waals surface area contributed by atoms with Crippen LogP contribution < -0.4 is 14.2 Å². The van der Waals surface area contributed by atoms with Crippen molar-refractivity contribution in [3.05, 3.63) is 64.7 Å². The average Bonchev–Trinajstić information content (AvgIpc) is 3.54. The summed E-state index contributed by atoms with van der Waals surface area (Å²) in [6.07, 6.45) is -5.29. The highest BCUT2D eigenvalue weighted by Gasteiger charge is 2.71. The lowest BCUT2D eigenvalue weighted by Gasteiger charge is -2.33. The molecule has 0 aromatic heterocycles. The van der Waals surface area contributed by atoms with Crippen LogP contribution in [0.25, 0.3) is 0 Å². The van der Waals surface area contributed by atoms with Gasteiger partial charge in [0.15, 0.2) is 11.5 Å². The standard InChI is InChI=1S/C30H34F6N2O4/c1-4-8-20-14-23(28(39,29(31,32)33)30(34,35)36)15-21(9-5-2)26(20)40-13-7-6-12-38-17-27(3,37-18-38)22-10-11-24-25(16-22)42-19-41-24/h6-7,10-11,14-16,18,39H,4-5,8-9,12-13,17,19H2,1-3H3/b7-6-. The highest BCUT2D eigenvalue weighted by atomic mass is 19.4. The van der Waals surface area contributed by atoms with Crippen LogP contribution in [0.1, 0.15) is 55.9 Å². The Morgan fingerprint density at radius 1 is 0.952 bits per heavy atom. The fraction of sp³-hybridized carbons (Fsp3) is 0.500. The van der Waals surface area contributed by atoms with Gasteiger partial charge in [-0.15, -0.1) is 0 Å². The van der Waals surface area contributed by atoms with Gasteiger partial charge in [0, 0.05) is 18.7 Å². The topological polar surface area (TPSA) is 63.5 Å². The largest absolute Gasteiger partial charge is 0.489 e. The van der Waals surface area contributed by atoms with E-state index in [2.05, 4.69) is 4.99 Å². The Bertz CT molecular complexity index is 1280. The Morgan fingerprint density at radius 2 is 1.57 bits per heavy atom. The molecule has 0 amide bonds. The smallest absolute Gasteiger partial charge is 0.430 e. The van der Waals surface area contributed by atoms with E-state index in [9.17, 15) is 31.4 Å². The quantitative estimate of drug-likeness (QED) is 0.226. The molecule has 0 saturated heterocycles. The molecule has 1 unspecified atom stereocenters. The Morgan fingerprint density at radius 3 is 2.17 bits per heavy atom. The molecule has 0 saturated carbocycles. The highest BCUT2D eigenvalue weighted by molar-refractivity contribution is 5.61. The summed E-state index contributed by atoms with van der Waals surface area (Å²) in [5.41, 5.74) is -5.37. The molecule has 2 aliphatic rings. The molecular weight excluding hydrogens is 566 g/mol. The molecule has 230 valence electrons. The van der Waals surface area contributed by atoms with Gasteiger partial charge in [-0.3, -0.25) is 4.99 Å². The summed E-state index contributed by atoms with van der Waals surface area (Å²) >= 11 is 0. The van der Waals surface area contributed by atoms with E-state index < -0.39 is 29.1 Å². The van der Waals surface area contributed by atoms with Crippen LogP contribution in [0.15, 0.2) is 47.5 Å². The van der Waals surface area contributed by atoms with Gasteiger partial charge >= 0.3 is 12.4 Å². The molecule has 1 atom stereocenters. The lowest BCUT2D eigenvalue weighted by Crippen LogP contribution is -2.54. The molecule has 0 bridgehead atoms. The van der Waals surface area contributed by atoms with Crippen LogP contribution >= 0.6 is 0 Å². The summed E-state index contributed by atoms with van der Waals surface area (Å²) < 4.78 is 98.4. The van der Waals surface area contributed by atoms with Gasteiger partial charge in [-0.05, 0) is 66.8 Å². The summed E-state index contributed by atoms with van der Waals surface area (Å²) in [6, 6.07) is 7.26. The Balaban J connectivity index is 1.46. The minimum Gasteiger partial charge on any atom is -0.489 e. The molecule has 2 aromatic carbocycles. The lowest BCUT2D eigenvalue weighted by molar-refractivity contribution is -0.376. The van der Waals surface area contributed by atoms with Crippen molar-refractivity contribution in [2.24, 2.45) is 4.99 Å². The Kier molecular flexibility index (Phi) is 9.05. The number of aliphatic hydroxyl groups is 1. The molecule has 4 rings (SSSR count). The van der Waals surface area contributed by atoms with Gasteiger partial charge in [-0.1, -0.05) is 38.8 Å². The zero-order valence-electron chi connectivity index (χ0n) is 23.6. The molecular formula is C30H34F6N2O4. The van der Waals surface area contributed by atoms with E-state index >= 15 is 0 Å². The van der Waals surface area contributed by atoms with Crippen LogP contribution in [0.2, 0.25) is 0 Å². The molecule has 2 aromatic rings. The third-order valence-corrected chi connectivity index (χ3v) is 7.36. The van der Waals surface area contributed by atoms with Gasteiger partial charge in [0.2, 0.25) is 6.79 Å². The molecule has 1 N–H and O–H groups in total. The van der Waals surface area contributed by atoms with Gasteiger partial charge < -0.3 is 24.2 Å². The fourth-order valence-electron chi connectivity index (χ4n) is 5.15. The molecule has 0 aliphatic carbocycles. The predicted octanol–water partition coefficient (Wildman–Crippen LogP) is 6.83. The Hall–Kier alpha value is -3.41. The SMILES string of the molecule is CCCc1cc(C(O)(C(F)(F)F)C(F)(F)F)cc(CCC)c1OC/C=C\CN1C=NC(C)(c2ccc3c(c2)OCO3)C1. The van der Waals surface area contributed by atoms with E-state index in [0.29, 0.717) is 37.4 Å². The van der Waals surface area contributed by atoms with Gasteiger partial charge in [-0.2, -0.15) is 26.3 Å². The van der Waals surface area contributed by atoms with Gasteiger partial charge in [-0.25, -0.2) is 0 Å². The average molecular weight is 601 g/mol. The summed E-state index contributed by atoms with van der Waals surface area (Å²) in [5.74, 6) is 1.62. The first kappa shape index (κ1) is 31.5. The maximum absolute atomic E-state index is 13.6. The maximum Gasteiger partial charge on any atom is 0.430 e. The van der Waals surface area contributed by atoms with E-state index in [1.54, 1.807) is 26.3 Å². The number of hydrogen-bond acceptors (Lipinski definition) is 6. The van der Waals surface area contributed by atoms with Crippen LogP contribution in [-0.2, 0) is 24.0 Å². The molecule has 2 heterocycles. The number of ether oxygens (including phenoxy) is 3. The van der Waals surface area contributed by atoms with Crippen LogP contribution in [0.4, 0.5) is 26.3 Å². The molecule has 0 spiro atoms. The Labute approximate surface area is 240 Å². The van der Waals surface area contributed by atoms with Crippen molar-refractivity contribution in [1.82, 2.24) is 4.90 Å². The van der Waals surface area contributed by atoms with E-state index in [1.165, 1.54) is 0 Å². The summed E-state index contributed by atoms with van der Waals surface area (Å²) in [7, 11) is 0. The molecule has 0 fully saturated rings. The molecule has 42 heavy (non-hydrogen) atoms. The van der Waals surface area contributed by atoms with Crippen molar-refractivity contribution in [2.45, 2.75) is 69.9 Å². The first-order chi connectivity index (χ1) is 19.7. The number of benzene rings is 2. The normalized spacial score (nSPS) is 18.9. The molecule has 12 heteroatoms. The molecule has 2 aliphatic heterocycles. The summed E-state index contributed by atoms with van der Waals surface area (Å²) in [5, 5.41) is 10.0. The number of aliphatic imine (C=N–C) groups is 1. The number of nitrogens with zero attached hydrogens (tertiary/aromatic N) is 2. The van der Waals surface area contributed by atoms with E-state index in [-0.39, 0.29) is 43.1 Å². The first-order valence-electron chi connectivity index (χ1n) is 13.7. The van der Waals surface area contributed by atoms with E-state index in [4.69, 9.17) is 14.2 Å². The number of halogens is 6. The third kappa shape index (κ3) is 6.18. The second-order valence-electron chi connectivity index (χ2n) is 10.6. The fourth-order valence-corrected chi connectivity index (χ4v) is 5.15. The van der Waals surface area contributed by atoms with Crippen molar-refractivity contribution in [1.29, 1.82) is 0 Å². The predicted molar refractivity (Wildman–Crippen MR) is 145 cm³/mol. The zero-order valence-corrected chi connectivity index (χ0v) is 23.6. The van der Waals surface area contributed by atoms with Crippen LogP contribution in [0.3, 0.4) is 0 Å². The number of hydrogen-bond donors (Lipinski definition) is 1. The minimum atomic E-state index is -5.96. The van der Waals surface area contributed by atoms with Crippen molar-refractivity contribution in [3.8, 4) is 17.2 Å². The number of rotatable bonds is 11. The van der Waals surface area contributed by atoms with Crippen LogP contribution in [0, 0.1) is 0 Å². The maximum atomic E-state index is 13.6. The van der Waals surface area contributed by atoms with Crippen LogP contribution in [-0.4, -0.2) is 55.2 Å². The van der Waals surface area contributed by atoms with Crippen molar-refractivity contribution < 1.29 is 45.7 Å². The van der Waals surface area contributed by atoms with Crippen molar-refractivity contribution in [2.75, 3.05) is 26.5 Å². The second-order valence-corrected chi connectivity index (χ2v) is 10.6. The number of fused-ring (bicyclic) bond motifs is 1. The van der Waals surface area contributed by atoms with Gasteiger partial charge in [0.05, 0.1) is 6.34 Å².